The molecule has 1 saturated heterocycles. The maximum atomic E-state index is 13.0. The summed E-state index contributed by atoms with van der Waals surface area (Å²) in [5.74, 6) is -0.219. The minimum atomic E-state index is -3.25. The van der Waals surface area contributed by atoms with Crippen molar-refractivity contribution in [3.63, 3.8) is 0 Å². The highest BCUT2D eigenvalue weighted by atomic mass is 32.2. The molecule has 1 amide bonds. The lowest BCUT2D eigenvalue weighted by molar-refractivity contribution is 0.0692. The van der Waals surface area contributed by atoms with Gasteiger partial charge in [-0.3, -0.25) is 4.79 Å². The second kappa shape index (κ2) is 7.44. The fraction of sp³-hybridized carbons (Fsp3) is 0.227. The molecule has 2 aromatic heterocycles. The summed E-state index contributed by atoms with van der Waals surface area (Å²) in [6, 6.07) is 17.9. The average molecular weight is 436 g/mol. The molecule has 0 spiro atoms. The van der Waals surface area contributed by atoms with Crippen molar-refractivity contribution in [2.24, 2.45) is 0 Å². The van der Waals surface area contributed by atoms with E-state index in [2.05, 4.69) is 34.3 Å². The van der Waals surface area contributed by atoms with E-state index in [4.69, 9.17) is 0 Å². The van der Waals surface area contributed by atoms with Gasteiger partial charge in [-0.05, 0) is 22.9 Å². The number of fused-ring (bicyclic) bond motifs is 2. The van der Waals surface area contributed by atoms with E-state index < -0.39 is 10.0 Å². The van der Waals surface area contributed by atoms with Crippen LogP contribution in [0.1, 0.15) is 10.5 Å². The first-order chi connectivity index (χ1) is 14.9. The fourth-order valence-corrected chi connectivity index (χ4v) is 4.78. The first-order valence-corrected chi connectivity index (χ1v) is 11.8. The Bertz CT molecular complexity index is 1410. The SMILES string of the molecule is CS(=O)(=O)N1CCN(C(=O)c2cc3nccc(-c4ccc5ccccc5c4)n3n2)CC1. The molecule has 0 bridgehead atoms. The summed E-state index contributed by atoms with van der Waals surface area (Å²) in [5, 5.41) is 6.82. The highest BCUT2D eigenvalue weighted by Crippen LogP contribution is 2.25. The van der Waals surface area contributed by atoms with Crippen molar-refractivity contribution in [2.45, 2.75) is 0 Å². The monoisotopic (exact) mass is 435 g/mol. The number of aromatic nitrogens is 3. The molecule has 8 nitrogen and oxygen atoms in total. The van der Waals surface area contributed by atoms with E-state index in [0.29, 0.717) is 37.5 Å². The molecule has 1 aliphatic rings. The lowest BCUT2D eigenvalue weighted by atomic mass is 10.1. The smallest absolute Gasteiger partial charge is 0.274 e. The first kappa shape index (κ1) is 19.7. The van der Waals surface area contributed by atoms with E-state index in [1.165, 1.54) is 10.6 Å². The van der Waals surface area contributed by atoms with Crippen LogP contribution < -0.4 is 0 Å². The topological polar surface area (TPSA) is 87.9 Å². The molecule has 31 heavy (non-hydrogen) atoms. The van der Waals surface area contributed by atoms with Crippen molar-refractivity contribution < 1.29 is 13.2 Å². The van der Waals surface area contributed by atoms with Crippen molar-refractivity contribution >= 4 is 32.4 Å². The molecular formula is C22H21N5O3S. The quantitative estimate of drug-likeness (QED) is 0.493. The van der Waals surface area contributed by atoms with Crippen molar-refractivity contribution in [1.82, 2.24) is 23.8 Å². The molecule has 0 atom stereocenters. The van der Waals surface area contributed by atoms with Crippen LogP contribution in [0.2, 0.25) is 0 Å². The molecule has 0 radical (unpaired) electrons. The number of sulfonamides is 1. The zero-order valence-electron chi connectivity index (χ0n) is 17.0. The Balaban J connectivity index is 1.46. The number of nitrogens with zero attached hydrogens (tertiary/aromatic N) is 5. The predicted molar refractivity (Wildman–Crippen MR) is 118 cm³/mol. The Kier molecular flexibility index (Phi) is 4.71. The molecular weight excluding hydrogens is 414 g/mol. The maximum Gasteiger partial charge on any atom is 0.274 e. The summed E-state index contributed by atoms with van der Waals surface area (Å²) in [4.78, 5) is 19.0. The Hall–Kier alpha value is -3.30. The number of hydrogen-bond donors (Lipinski definition) is 0. The minimum absolute atomic E-state index is 0.219. The summed E-state index contributed by atoms with van der Waals surface area (Å²) in [6.45, 7) is 1.26. The average Bonchev–Trinajstić information content (AvgIpc) is 3.22. The van der Waals surface area contributed by atoms with Crippen LogP contribution in [-0.4, -0.2) is 70.6 Å². The van der Waals surface area contributed by atoms with Gasteiger partial charge >= 0.3 is 0 Å². The molecule has 3 heterocycles. The van der Waals surface area contributed by atoms with Crippen molar-refractivity contribution in [2.75, 3.05) is 32.4 Å². The number of benzene rings is 2. The van der Waals surface area contributed by atoms with Gasteiger partial charge in [0.25, 0.3) is 5.91 Å². The third-order valence-corrected chi connectivity index (χ3v) is 6.92. The second-order valence-corrected chi connectivity index (χ2v) is 9.63. The number of carbonyl (C=O) groups is 1. The maximum absolute atomic E-state index is 13.0. The van der Waals surface area contributed by atoms with Crippen LogP contribution in [0, 0.1) is 0 Å². The van der Waals surface area contributed by atoms with Gasteiger partial charge in [0, 0.05) is 44.0 Å². The van der Waals surface area contributed by atoms with Crippen LogP contribution in [0.5, 0.6) is 0 Å². The van der Waals surface area contributed by atoms with Crippen molar-refractivity contribution in [1.29, 1.82) is 0 Å². The molecule has 9 heteroatoms. The summed E-state index contributed by atoms with van der Waals surface area (Å²) in [6.07, 6.45) is 2.90. The third-order valence-electron chi connectivity index (χ3n) is 5.62. The van der Waals surface area contributed by atoms with E-state index in [-0.39, 0.29) is 5.91 Å². The van der Waals surface area contributed by atoms with Crippen LogP contribution >= 0.6 is 0 Å². The van der Waals surface area contributed by atoms with Crippen LogP contribution in [0.3, 0.4) is 0 Å². The molecule has 0 aliphatic carbocycles. The van der Waals surface area contributed by atoms with Crippen LogP contribution in [-0.2, 0) is 10.0 Å². The van der Waals surface area contributed by atoms with E-state index in [9.17, 15) is 13.2 Å². The van der Waals surface area contributed by atoms with Gasteiger partial charge in [0.1, 0.15) is 0 Å². The number of piperazine rings is 1. The zero-order valence-corrected chi connectivity index (χ0v) is 17.8. The normalized spacial score (nSPS) is 15.6. The number of amides is 1. The van der Waals surface area contributed by atoms with Crippen LogP contribution in [0.4, 0.5) is 0 Å². The predicted octanol–water partition coefficient (Wildman–Crippen LogP) is 2.27. The molecule has 4 aromatic rings. The summed E-state index contributed by atoms with van der Waals surface area (Å²) >= 11 is 0. The molecule has 0 N–H and O–H groups in total. The standard InChI is InChI=1S/C22H21N5O3S/c1-31(29,30)26-12-10-25(11-13-26)22(28)19-15-21-23-9-8-20(27(21)24-19)18-7-6-16-4-2-3-5-17(16)14-18/h2-9,14-15H,10-13H2,1H3. The van der Waals surface area contributed by atoms with Crippen molar-refractivity contribution in [3.8, 4) is 11.3 Å². The number of hydrogen-bond acceptors (Lipinski definition) is 5. The van der Waals surface area contributed by atoms with Gasteiger partial charge in [0.2, 0.25) is 10.0 Å². The Morgan fingerprint density at radius 2 is 1.68 bits per heavy atom. The molecule has 2 aromatic carbocycles. The molecule has 5 rings (SSSR count). The third kappa shape index (κ3) is 3.66. The van der Waals surface area contributed by atoms with Crippen LogP contribution in [0.25, 0.3) is 27.7 Å². The van der Waals surface area contributed by atoms with E-state index >= 15 is 0 Å². The molecule has 158 valence electrons. The second-order valence-electron chi connectivity index (χ2n) is 7.65. The van der Waals surface area contributed by atoms with Gasteiger partial charge in [-0.25, -0.2) is 17.9 Å². The number of rotatable bonds is 3. The van der Waals surface area contributed by atoms with Gasteiger partial charge in [0.05, 0.1) is 11.9 Å². The zero-order chi connectivity index (χ0) is 21.6. The highest BCUT2D eigenvalue weighted by Gasteiger charge is 2.28. The van der Waals surface area contributed by atoms with Crippen LogP contribution in [0.15, 0.2) is 60.8 Å². The van der Waals surface area contributed by atoms with E-state index in [0.717, 1.165) is 22.0 Å². The summed E-state index contributed by atoms with van der Waals surface area (Å²) < 4.78 is 26.5. The Morgan fingerprint density at radius 1 is 0.935 bits per heavy atom. The molecule has 1 aliphatic heterocycles. The lowest BCUT2D eigenvalue weighted by Gasteiger charge is -2.32. The van der Waals surface area contributed by atoms with Gasteiger partial charge < -0.3 is 4.90 Å². The molecule has 1 fully saturated rings. The van der Waals surface area contributed by atoms with Gasteiger partial charge in [-0.15, -0.1) is 0 Å². The highest BCUT2D eigenvalue weighted by molar-refractivity contribution is 7.88. The van der Waals surface area contributed by atoms with E-state index in [1.54, 1.807) is 21.7 Å². The minimum Gasteiger partial charge on any atom is -0.335 e. The summed E-state index contributed by atoms with van der Waals surface area (Å²) in [5.41, 5.74) is 2.71. The lowest BCUT2D eigenvalue weighted by Crippen LogP contribution is -2.50. The first-order valence-electron chi connectivity index (χ1n) is 9.98. The molecule has 0 unspecified atom stereocenters. The number of carbonyl (C=O) groups excluding carboxylic acids is 1. The van der Waals surface area contributed by atoms with Gasteiger partial charge in [0.15, 0.2) is 11.3 Å². The van der Waals surface area contributed by atoms with Gasteiger partial charge in [-0.2, -0.15) is 9.40 Å². The van der Waals surface area contributed by atoms with E-state index in [1.807, 2.05) is 24.3 Å². The van der Waals surface area contributed by atoms with Crippen molar-refractivity contribution in [3.05, 3.63) is 66.5 Å². The molecule has 0 saturated carbocycles. The van der Waals surface area contributed by atoms with Gasteiger partial charge in [-0.1, -0.05) is 36.4 Å². The largest absolute Gasteiger partial charge is 0.335 e. The Labute approximate surface area is 179 Å². The Morgan fingerprint density at radius 3 is 2.42 bits per heavy atom. The fourth-order valence-electron chi connectivity index (χ4n) is 3.95. The summed E-state index contributed by atoms with van der Waals surface area (Å²) in [7, 11) is -3.25.